The predicted molar refractivity (Wildman–Crippen MR) is 168 cm³/mol. The zero-order valence-electron chi connectivity index (χ0n) is 25.9. The van der Waals surface area contributed by atoms with Crippen molar-refractivity contribution in [3.8, 4) is 6.07 Å². The van der Waals surface area contributed by atoms with E-state index in [9.17, 15) is 9.90 Å². The van der Waals surface area contributed by atoms with E-state index in [2.05, 4.69) is 28.8 Å². The molecule has 8 nitrogen and oxygen atoms in total. The minimum absolute atomic E-state index is 0.0644. The number of carbonyl (C=O) groups excluding carboxylic acids is 1. The first kappa shape index (κ1) is 32.9. The van der Waals surface area contributed by atoms with Crippen LogP contribution in [0, 0.1) is 23.2 Å². The molecule has 4 unspecified atom stereocenters. The zero-order valence-corrected chi connectivity index (χ0v) is 25.9. The molecular weight excluding hydrogens is 540 g/mol. The van der Waals surface area contributed by atoms with Crippen LogP contribution in [0.2, 0.25) is 0 Å². The number of piperidine rings is 1. The van der Waals surface area contributed by atoms with E-state index in [1.54, 1.807) is 7.11 Å². The molecule has 1 saturated heterocycles. The highest BCUT2D eigenvalue weighted by Crippen LogP contribution is 2.33. The first-order chi connectivity index (χ1) is 21.0. The number of methoxy groups -OCH3 is 1. The Labute approximate surface area is 257 Å². The molecule has 2 fully saturated rings. The highest BCUT2D eigenvalue weighted by atomic mass is 16.5. The Morgan fingerprint density at radius 2 is 1.81 bits per heavy atom. The van der Waals surface area contributed by atoms with Crippen molar-refractivity contribution in [1.29, 1.82) is 5.26 Å². The van der Waals surface area contributed by atoms with Gasteiger partial charge in [-0.15, -0.1) is 0 Å². The molecular formula is C35H50N4O4. The molecule has 0 spiro atoms. The summed E-state index contributed by atoms with van der Waals surface area (Å²) >= 11 is 0. The molecule has 2 amide bonds. The number of amides is 2. The van der Waals surface area contributed by atoms with Crippen LogP contribution in [0.25, 0.3) is 0 Å². The van der Waals surface area contributed by atoms with E-state index < -0.39 is 6.10 Å². The van der Waals surface area contributed by atoms with Gasteiger partial charge in [-0.05, 0) is 87.5 Å². The fourth-order valence-corrected chi connectivity index (χ4v) is 6.49. The predicted octanol–water partition coefficient (Wildman–Crippen LogP) is 5.56. The highest BCUT2D eigenvalue weighted by molar-refractivity contribution is 5.74. The minimum Gasteiger partial charge on any atom is -0.391 e. The molecule has 4 atom stereocenters. The Balaban J connectivity index is 1.20. The number of aliphatic hydroxyl groups excluding tert-OH is 1. The van der Waals surface area contributed by atoms with Crippen LogP contribution >= 0.6 is 0 Å². The minimum atomic E-state index is -0.570. The molecule has 1 saturated carbocycles. The zero-order chi connectivity index (χ0) is 30.4. The Hall–Kier alpha value is -2.96. The summed E-state index contributed by atoms with van der Waals surface area (Å²) in [5, 5.41) is 26.7. The molecule has 1 aliphatic heterocycles. The fourth-order valence-electron chi connectivity index (χ4n) is 6.49. The highest BCUT2D eigenvalue weighted by Gasteiger charge is 2.32. The number of likely N-dealkylation sites (tertiary alicyclic amines) is 1. The SMILES string of the molecule is COCCCOC(c1ccccc1)C1CCCN(C(=O)NC(C)C(O)CC2CCC(NCc3ccc(C#N)cc3)CC2)C1. The molecule has 4 rings (SSSR count). The van der Waals surface area contributed by atoms with Crippen molar-refractivity contribution < 1.29 is 19.4 Å². The van der Waals surface area contributed by atoms with Crippen LogP contribution in [0.5, 0.6) is 0 Å². The molecule has 2 aromatic carbocycles. The Kier molecular flexibility index (Phi) is 13.3. The summed E-state index contributed by atoms with van der Waals surface area (Å²) in [5.41, 5.74) is 3.02. The average molecular weight is 591 g/mol. The van der Waals surface area contributed by atoms with Crippen molar-refractivity contribution in [2.75, 3.05) is 33.4 Å². The fraction of sp³-hybridized carbons (Fsp3) is 0.600. The lowest BCUT2D eigenvalue weighted by molar-refractivity contribution is -0.0170. The smallest absolute Gasteiger partial charge is 0.317 e. The van der Waals surface area contributed by atoms with Crippen LogP contribution < -0.4 is 10.6 Å². The topological polar surface area (TPSA) is 107 Å². The lowest BCUT2D eigenvalue weighted by Crippen LogP contribution is -2.51. The summed E-state index contributed by atoms with van der Waals surface area (Å²) < 4.78 is 11.6. The molecule has 0 bridgehead atoms. The average Bonchev–Trinajstić information content (AvgIpc) is 3.05. The van der Waals surface area contributed by atoms with Gasteiger partial charge in [-0.1, -0.05) is 42.5 Å². The first-order valence-electron chi connectivity index (χ1n) is 16.1. The van der Waals surface area contributed by atoms with E-state index in [1.165, 1.54) is 5.56 Å². The Morgan fingerprint density at radius 1 is 1.07 bits per heavy atom. The van der Waals surface area contributed by atoms with Crippen molar-refractivity contribution in [2.24, 2.45) is 11.8 Å². The summed E-state index contributed by atoms with van der Waals surface area (Å²) in [7, 11) is 1.70. The van der Waals surface area contributed by atoms with E-state index in [4.69, 9.17) is 14.7 Å². The number of nitrogens with zero attached hydrogens (tertiary/aromatic N) is 2. The van der Waals surface area contributed by atoms with Gasteiger partial charge in [0.05, 0.1) is 29.9 Å². The molecule has 0 radical (unpaired) electrons. The number of carbonyl (C=O) groups is 1. The van der Waals surface area contributed by atoms with Gasteiger partial charge >= 0.3 is 6.03 Å². The van der Waals surface area contributed by atoms with Crippen LogP contribution in [0.3, 0.4) is 0 Å². The summed E-state index contributed by atoms with van der Waals surface area (Å²) in [6, 6.07) is 20.3. The number of hydrogen-bond acceptors (Lipinski definition) is 6. The lowest BCUT2D eigenvalue weighted by atomic mass is 9.82. The number of benzene rings is 2. The van der Waals surface area contributed by atoms with Crippen LogP contribution in [-0.2, 0) is 16.0 Å². The van der Waals surface area contributed by atoms with E-state index in [1.807, 2.05) is 54.3 Å². The Bertz CT molecular complexity index is 1130. The molecule has 1 aliphatic carbocycles. The summed E-state index contributed by atoms with van der Waals surface area (Å²) in [5.74, 6) is 0.675. The van der Waals surface area contributed by atoms with Gasteiger partial charge in [0.2, 0.25) is 0 Å². The van der Waals surface area contributed by atoms with Crippen molar-refractivity contribution in [1.82, 2.24) is 15.5 Å². The van der Waals surface area contributed by atoms with Crippen LogP contribution in [0.4, 0.5) is 4.79 Å². The third-order valence-corrected chi connectivity index (χ3v) is 9.12. The third kappa shape index (κ3) is 10.3. The second-order valence-corrected chi connectivity index (χ2v) is 12.3. The summed E-state index contributed by atoms with van der Waals surface area (Å²) in [6.45, 7) is 5.36. The van der Waals surface area contributed by atoms with E-state index in [0.29, 0.717) is 43.7 Å². The molecule has 234 valence electrons. The van der Waals surface area contributed by atoms with Crippen LogP contribution in [-0.4, -0.2) is 67.6 Å². The normalized spacial score (nSPS) is 22.7. The van der Waals surface area contributed by atoms with Crippen LogP contribution in [0.15, 0.2) is 54.6 Å². The molecule has 2 aliphatic rings. The quantitative estimate of drug-likeness (QED) is 0.249. The number of rotatable bonds is 14. The van der Waals surface area contributed by atoms with Gasteiger partial charge in [-0.2, -0.15) is 5.26 Å². The second kappa shape index (κ2) is 17.4. The van der Waals surface area contributed by atoms with Gasteiger partial charge in [0.25, 0.3) is 0 Å². The van der Waals surface area contributed by atoms with Gasteiger partial charge in [-0.25, -0.2) is 4.79 Å². The van der Waals surface area contributed by atoms with Gasteiger partial charge < -0.3 is 30.1 Å². The van der Waals surface area contributed by atoms with Gasteiger partial charge in [0.1, 0.15) is 0 Å². The second-order valence-electron chi connectivity index (χ2n) is 12.3. The van der Waals surface area contributed by atoms with E-state index in [0.717, 1.165) is 63.6 Å². The van der Waals surface area contributed by atoms with Crippen molar-refractivity contribution >= 4 is 6.03 Å². The molecule has 1 heterocycles. The van der Waals surface area contributed by atoms with E-state index >= 15 is 0 Å². The molecule has 0 aromatic heterocycles. The van der Waals surface area contributed by atoms with Crippen molar-refractivity contribution in [3.63, 3.8) is 0 Å². The maximum absolute atomic E-state index is 13.3. The Morgan fingerprint density at radius 3 is 2.51 bits per heavy atom. The molecule has 2 aromatic rings. The number of nitriles is 1. The molecule has 43 heavy (non-hydrogen) atoms. The summed E-state index contributed by atoms with van der Waals surface area (Å²) in [6.07, 6.45) is 7.16. The van der Waals surface area contributed by atoms with E-state index in [-0.39, 0.29) is 24.1 Å². The third-order valence-electron chi connectivity index (χ3n) is 9.12. The monoisotopic (exact) mass is 590 g/mol. The number of hydrogen-bond donors (Lipinski definition) is 3. The van der Waals surface area contributed by atoms with Crippen molar-refractivity contribution in [3.05, 3.63) is 71.3 Å². The number of urea groups is 1. The molecule has 3 N–H and O–H groups in total. The summed E-state index contributed by atoms with van der Waals surface area (Å²) in [4.78, 5) is 15.2. The van der Waals surface area contributed by atoms with Crippen LogP contribution in [0.1, 0.15) is 81.1 Å². The van der Waals surface area contributed by atoms with Gasteiger partial charge in [0, 0.05) is 51.9 Å². The number of aliphatic hydroxyl groups is 1. The standard InChI is InChI=1S/C35H50N4O4/c1-26(33(40)22-27-15-17-32(18-16-27)37-24-29-13-11-28(23-36)12-14-29)38-35(41)39-19-6-10-31(25-39)34(43-21-7-20-42-2)30-8-4-3-5-9-30/h3-5,8-9,11-14,26-27,31-34,37,40H,6-7,10,15-22,24-25H2,1-2H3,(H,38,41). The number of ether oxygens (including phenoxy) is 2. The van der Waals surface area contributed by atoms with Crippen molar-refractivity contribution in [2.45, 2.75) is 89.1 Å². The van der Waals surface area contributed by atoms with Gasteiger partial charge in [-0.3, -0.25) is 0 Å². The maximum atomic E-state index is 13.3. The largest absolute Gasteiger partial charge is 0.391 e. The first-order valence-corrected chi connectivity index (χ1v) is 16.1. The number of nitrogens with one attached hydrogen (secondary N) is 2. The van der Waals surface area contributed by atoms with Gasteiger partial charge in [0.15, 0.2) is 0 Å². The maximum Gasteiger partial charge on any atom is 0.317 e. The lowest BCUT2D eigenvalue weighted by Gasteiger charge is -2.38. The molecule has 8 heteroatoms.